The molecule has 0 saturated carbocycles. The fraction of sp³-hybridized carbons (Fsp3) is 0.267. The summed E-state index contributed by atoms with van der Waals surface area (Å²) in [6.07, 6.45) is 0. The van der Waals surface area contributed by atoms with Crippen LogP contribution in [0.15, 0.2) is 30.3 Å². The van der Waals surface area contributed by atoms with Crippen molar-refractivity contribution in [2.24, 2.45) is 0 Å². The SMILES string of the molecule is Cc1ccc(C(C)C)c(Oc2nc(Cl)ccc2N)c1. The minimum absolute atomic E-state index is 0.347. The number of halogens is 1. The van der Waals surface area contributed by atoms with Gasteiger partial charge in [0.25, 0.3) is 0 Å². The van der Waals surface area contributed by atoms with Crippen LogP contribution in [0.1, 0.15) is 30.9 Å². The minimum atomic E-state index is 0.347. The molecule has 1 aromatic carbocycles. The van der Waals surface area contributed by atoms with Crippen LogP contribution in [0.2, 0.25) is 5.15 Å². The van der Waals surface area contributed by atoms with E-state index in [0.29, 0.717) is 22.6 Å². The Labute approximate surface area is 118 Å². The lowest BCUT2D eigenvalue weighted by Crippen LogP contribution is -1.99. The molecule has 0 unspecified atom stereocenters. The zero-order valence-electron chi connectivity index (χ0n) is 11.3. The summed E-state index contributed by atoms with van der Waals surface area (Å²) >= 11 is 5.87. The highest BCUT2D eigenvalue weighted by molar-refractivity contribution is 6.29. The lowest BCUT2D eigenvalue weighted by Gasteiger charge is -2.15. The van der Waals surface area contributed by atoms with Gasteiger partial charge in [0.05, 0.1) is 5.69 Å². The predicted molar refractivity (Wildman–Crippen MR) is 79.0 cm³/mol. The molecule has 2 N–H and O–H groups in total. The highest BCUT2D eigenvalue weighted by atomic mass is 35.5. The molecule has 0 bridgehead atoms. The van der Waals surface area contributed by atoms with Crippen molar-refractivity contribution < 1.29 is 4.74 Å². The smallest absolute Gasteiger partial charge is 0.244 e. The average molecular weight is 277 g/mol. The van der Waals surface area contributed by atoms with Crippen LogP contribution < -0.4 is 10.5 Å². The Kier molecular flexibility index (Phi) is 3.96. The van der Waals surface area contributed by atoms with Crippen molar-refractivity contribution in [2.75, 3.05) is 5.73 Å². The van der Waals surface area contributed by atoms with Gasteiger partial charge in [-0.1, -0.05) is 37.6 Å². The van der Waals surface area contributed by atoms with E-state index in [-0.39, 0.29) is 0 Å². The summed E-state index contributed by atoms with van der Waals surface area (Å²) in [5.41, 5.74) is 8.57. The van der Waals surface area contributed by atoms with Gasteiger partial charge in [0, 0.05) is 0 Å². The van der Waals surface area contributed by atoms with Gasteiger partial charge in [-0.05, 0) is 42.2 Å². The molecular formula is C15H17ClN2O. The largest absolute Gasteiger partial charge is 0.437 e. The van der Waals surface area contributed by atoms with Crippen molar-refractivity contribution in [3.05, 3.63) is 46.6 Å². The van der Waals surface area contributed by atoms with Crippen LogP contribution in [0.25, 0.3) is 0 Å². The molecule has 2 rings (SSSR count). The lowest BCUT2D eigenvalue weighted by molar-refractivity contribution is 0.456. The molecule has 3 nitrogen and oxygen atoms in total. The minimum Gasteiger partial charge on any atom is -0.437 e. The van der Waals surface area contributed by atoms with E-state index in [1.54, 1.807) is 12.1 Å². The van der Waals surface area contributed by atoms with Crippen molar-refractivity contribution >= 4 is 17.3 Å². The first-order valence-corrected chi connectivity index (χ1v) is 6.55. The molecule has 19 heavy (non-hydrogen) atoms. The molecule has 0 aliphatic rings. The second-order valence-electron chi connectivity index (χ2n) is 4.83. The number of nitrogens with two attached hydrogens (primary N) is 1. The van der Waals surface area contributed by atoms with Crippen LogP contribution in [-0.4, -0.2) is 4.98 Å². The van der Waals surface area contributed by atoms with Crippen molar-refractivity contribution in [1.82, 2.24) is 4.98 Å². The van der Waals surface area contributed by atoms with Gasteiger partial charge >= 0.3 is 0 Å². The summed E-state index contributed by atoms with van der Waals surface area (Å²) in [6, 6.07) is 9.45. The van der Waals surface area contributed by atoms with Gasteiger partial charge in [0.1, 0.15) is 10.9 Å². The van der Waals surface area contributed by atoms with Gasteiger partial charge in [-0.2, -0.15) is 4.98 Å². The van der Waals surface area contributed by atoms with Gasteiger partial charge in [-0.3, -0.25) is 0 Å². The summed E-state index contributed by atoms with van der Waals surface area (Å²) in [7, 11) is 0. The zero-order chi connectivity index (χ0) is 14.0. The number of nitrogens with zero attached hydrogens (tertiary/aromatic N) is 1. The summed E-state index contributed by atoms with van der Waals surface area (Å²) in [5.74, 6) is 1.48. The van der Waals surface area contributed by atoms with Crippen LogP contribution in [0.3, 0.4) is 0 Å². The summed E-state index contributed by atoms with van der Waals surface area (Å²) in [5, 5.41) is 0.364. The number of pyridine rings is 1. The van der Waals surface area contributed by atoms with Gasteiger partial charge in [-0.25, -0.2) is 0 Å². The molecule has 0 fully saturated rings. The normalized spacial score (nSPS) is 10.8. The standard InChI is InChI=1S/C15H17ClN2O/c1-9(2)11-5-4-10(3)8-13(11)19-15-12(17)6-7-14(16)18-15/h4-9H,17H2,1-3H3. The summed E-state index contributed by atoms with van der Waals surface area (Å²) in [4.78, 5) is 4.12. The van der Waals surface area contributed by atoms with Gasteiger partial charge < -0.3 is 10.5 Å². The molecule has 0 saturated heterocycles. The highest BCUT2D eigenvalue weighted by Crippen LogP contribution is 2.33. The quantitative estimate of drug-likeness (QED) is 0.837. The number of anilines is 1. The fourth-order valence-corrected chi connectivity index (χ4v) is 1.96. The molecule has 0 aliphatic carbocycles. The number of ether oxygens (including phenoxy) is 1. The van der Waals surface area contributed by atoms with E-state index < -0.39 is 0 Å². The number of nitrogen functional groups attached to an aromatic ring is 1. The maximum absolute atomic E-state index is 5.87. The highest BCUT2D eigenvalue weighted by Gasteiger charge is 2.11. The van der Waals surface area contributed by atoms with Gasteiger partial charge in [0.15, 0.2) is 0 Å². The molecule has 100 valence electrons. The molecule has 0 spiro atoms. The third kappa shape index (κ3) is 3.18. The lowest BCUT2D eigenvalue weighted by atomic mass is 10.0. The van der Waals surface area contributed by atoms with E-state index in [1.807, 2.05) is 13.0 Å². The predicted octanol–water partition coefficient (Wildman–Crippen LogP) is 4.54. The number of aryl methyl sites for hydroxylation is 1. The number of aromatic nitrogens is 1. The van der Waals surface area contributed by atoms with Gasteiger partial charge in [0.2, 0.25) is 5.88 Å². The van der Waals surface area contributed by atoms with E-state index in [9.17, 15) is 0 Å². The summed E-state index contributed by atoms with van der Waals surface area (Å²) < 4.78 is 5.84. The zero-order valence-corrected chi connectivity index (χ0v) is 12.0. The Morgan fingerprint density at radius 2 is 1.95 bits per heavy atom. The molecule has 0 atom stereocenters. The van der Waals surface area contributed by atoms with Crippen LogP contribution in [-0.2, 0) is 0 Å². The molecule has 0 radical (unpaired) electrons. The number of benzene rings is 1. The molecule has 1 aromatic heterocycles. The molecule has 0 aliphatic heterocycles. The van der Waals surface area contributed by atoms with Crippen LogP contribution in [0.5, 0.6) is 11.6 Å². The molecule has 1 heterocycles. The Hall–Kier alpha value is -1.74. The summed E-state index contributed by atoms with van der Waals surface area (Å²) in [6.45, 7) is 6.25. The van der Waals surface area contributed by atoms with E-state index in [0.717, 1.165) is 16.9 Å². The average Bonchev–Trinajstić information content (AvgIpc) is 2.33. The first kappa shape index (κ1) is 13.7. The topological polar surface area (TPSA) is 48.1 Å². The second kappa shape index (κ2) is 5.49. The first-order valence-electron chi connectivity index (χ1n) is 6.18. The number of hydrogen-bond acceptors (Lipinski definition) is 3. The molecule has 4 heteroatoms. The van der Waals surface area contributed by atoms with Gasteiger partial charge in [-0.15, -0.1) is 0 Å². The Bertz CT molecular complexity index is 597. The molecule has 0 amide bonds. The van der Waals surface area contributed by atoms with Crippen LogP contribution >= 0.6 is 11.6 Å². The van der Waals surface area contributed by atoms with Crippen molar-refractivity contribution in [3.8, 4) is 11.6 Å². The Morgan fingerprint density at radius 3 is 2.63 bits per heavy atom. The first-order chi connectivity index (χ1) is 8.97. The van der Waals surface area contributed by atoms with E-state index in [2.05, 4.69) is 31.0 Å². The van der Waals surface area contributed by atoms with Crippen molar-refractivity contribution in [2.45, 2.75) is 26.7 Å². The Morgan fingerprint density at radius 1 is 1.21 bits per heavy atom. The number of hydrogen-bond donors (Lipinski definition) is 1. The maximum Gasteiger partial charge on any atom is 0.244 e. The van der Waals surface area contributed by atoms with Crippen molar-refractivity contribution in [1.29, 1.82) is 0 Å². The monoisotopic (exact) mass is 276 g/mol. The second-order valence-corrected chi connectivity index (χ2v) is 5.21. The fourth-order valence-electron chi connectivity index (χ4n) is 1.82. The van der Waals surface area contributed by atoms with E-state index in [1.165, 1.54) is 0 Å². The molecular weight excluding hydrogens is 260 g/mol. The number of rotatable bonds is 3. The third-order valence-corrected chi connectivity index (χ3v) is 3.06. The maximum atomic E-state index is 5.87. The third-order valence-electron chi connectivity index (χ3n) is 2.85. The Balaban J connectivity index is 2.42. The van der Waals surface area contributed by atoms with Crippen LogP contribution in [0.4, 0.5) is 5.69 Å². The van der Waals surface area contributed by atoms with Crippen LogP contribution in [0, 0.1) is 6.92 Å². The van der Waals surface area contributed by atoms with E-state index in [4.69, 9.17) is 22.1 Å². The molecule has 2 aromatic rings. The van der Waals surface area contributed by atoms with Crippen molar-refractivity contribution in [3.63, 3.8) is 0 Å². The van der Waals surface area contributed by atoms with E-state index >= 15 is 0 Å².